The Morgan fingerprint density at radius 3 is 2.06 bits per heavy atom. The number of hydrogen-bond donors (Lipinski definition) is 0. The number of nitrogens with zero attached hydrogens (tertiary/aromatic N) is 2. The van der Waals surface area contributed by atoms with E-state index in [0.717, 1.165) is 31.5 Å². The van der Waals surface area contributed by atoms with Crippen LogP contribution in [0.4, 0.5) is 0 Å². The number of methoxy groups -OCH3 is 2. The first-order valence-corrected chi connectivity index (χ1v) is 12.1. The summed E-state index contributed by atoms with van der Waals surface area (Å²) in [5.41, 5.74) is 1.51. The molecule has 2 aliphatic rings. The lowest BCUT2D eigenvalue weighted by Crippen LogP contribution is -2.45. The third-order valence-electron chi connectivity index (χ3n) is 6.73. The van der Waals surface area contributed by atoms with Crippen molar-refractivity contribution >= 4 is 11.8 Å². The van der Waals surface area contributed by atoms with Crippen LogP contribution < -0.4 is 14.2 Å². The predicted molar refractivity (Wildman–Crippen MR) is 129 cm³/mol. The minimum absolute atomic E-state index is 0.0139. The zero-order valence-electron chi connectivity index (χ0n) is 20.1. The normalized spacial score (nSPS) is 16.8. The molecule has 4 rings (SSSR count). The van der Waals surface area contributed by atoms with Crippen LogP contribution in [0.2, 0.25) is 0 Å². The van der Waals surface area contributed by atoms with Gasteiger partial charge in [0.25, 0.3) is 5.91 Å². The number of amides is 2. The molecule has 34 heavy (non-hydrogen) atoms. The maximum absolute atomic E-state index is 13.3. The molecule has 0 saturated carbocycles. The van der Waals surface area contributed by atoms with Crippen molar-refractivity contribution in [2.45, 2.75) is 38.7 Å². The number of piperidine rings is 2. The summed E-state index contributed by atoms with van der Waals surface area (Å²) >= 11 is 0. The molecule has 2 saturated heterocycles. The van der Waals surface area contributed by atoms with Gasteiger partial charge in [0.15, 0.2) is 11.5 Å². The molecule has 2 amide bonds. The van der Waals surface area contributed by atoms with E-state index < -0.39 is 0 Å². The first-order chi connectivity index (χ1) is 16.6. The van der Waals surface area contributed by atoms with E-state index in [9.17, 15) is 9.59 Å². The molecule has 2 fully saturated rings. The van der Waals surface area contributed by atoms with Crippen LogP contribution in [0.25, 0.3) is 0 Å². The third kappa shape index (κ3) is 5.46. The van der Waals surface area contributed by atoms with Gasteiger partial charge in [0.1, 0.15) is 6.61 Å². The summed E-state index contributed by atoms with van der Waals surface area (Å²) in [6, 6.07) is 13.2. The Balaban J connectivity index is 1.42. The van der Waals surface area contributed by atoms with Gasteiger partial charge in [-0.05, 0) is 49.8 Å². The van der Waals surface area contributed by atoms with Crippen molar-refractivity contribution in [2.75, 3.05) is 40.4 Å². The van der Waals surface area contributed by atoms with Gasteiger partial charge in [-0.1, -0.05) is 30.3 Å². The molecule has 2 aromatic rings. The highest BCUT2D eigenvalue weighted by Gasteiger charge is 2.31. The van der Waals surface area contributed by atoms with Crippen LogP contribution in [0.3, 0.4) is 0 Å². The molecule has 0 spiro atoms. The average molecular weight is 467 g/mol. The summed E-state index contributed by atoms with van der Waals surface area (Å²) in [4.78, 5) is 30.0. The fraction of sp³-hybridized carbons (Fsp3) is 0.481. The molecular weight excluding hydrogens is 432 g/mol. The Morgan fingerprint density at radius 2 is 1.47 bits per heavy atom. The standard InChI is InChI=1S/C27H34N2O5/c1-32-23-17-22(18-24(33-2)25(23)34-19-20-9-5-3-6-10-20)27(31)29-15-11-21(12-16-29)26(30)28-13-7-4-8-14-28/h3,5-6,9-10,17-18,21H,4,7-8,11-16,19H2,1-2H3. The molecule has 0 aliphatic carbocycles. The van der Waals surface area contributed by atoms with Crippen LogP contribution in [0.5, 0.6) is 17.2 Å². The third-order valence-corrected chi connectivity index (χ3v) is 6.73. The van der Waals surface area contributed by atoms with Crippen molar-refractivity contribution in [3.8, 4) is 17.2 Å². The zero-order chi connectivity index (χ0) is 23.9. The summed E-state index contributed by atoms with van der Waals surface area (Å²) in [5, 5.41) is 0. The fourth-order valence-corrected chi connectivity index (χ4v) is 4.76. The van der Waals surface area contributed by atoms with Crippen LogP contribution in [-0.4, -0.2) is 62.0 Å². The van der Waals surface area contributed by atoms with Gasteiger partial charge in [0.2, 0.25) is 11.7 Å². The van der Waals surface area contributed by atoms with Crippen LogP contribution in [0.1, 0.15) is 48.0 Å². The molecule has 0 unspecified atom stereocenters. The van der Waals surface area contributed by atoms with E-state index in [1.807, 2.05) is 40.1 Å². The van der Waals surface area contributed by atoms with Crippen molar-refractivity contribution < 1.29 is 23.8 Å². The number of carbonyl (C=O) groups is 2. The maximum atomic E-state index is 13.3. The van der Waals surface area contributed by atoms with Gasteiger partial charge < -0.3 is 24.0 Å². The quantitative estimate of drug-likeness (QED) is 0.613. The minimum Gasteiger partial charge on any atom is -0.493 e. The van der Waals surface area contributed by atoms with Gasteiger partial charge in [0, 0.05) is 37.7 Å². The second kappa shape index (κ2) is 11.3. The Morgan fingerprint density at radius 1 is 0.853 bits per heavy atom. The molecule has 0 aromatic heterocycles. The predicted octanol–water partition coefficient (Wildman–Crippen LogP) is 4.15. The molecule has 7 nitrogen and oxygen atoms in total. The molecule has 0 N–H and O–H groups in total. The van der Waals surface area contributed by atoms with Gasteiger partial charge in [-0.2, -0.15) is 0 Å². The largest absolute Gasteiger partial charge is 0.493 e. The highest BCUT2D eigenvalue weighted by molar-refractivity contribution is 5.96. The number of benzene rings is 2. The first kappa shape index (κ1) is 23.9. The Kier molecular flexibility index (Phi) is 7.93. The van der Waals surface area contributed by atoms with Crippen LogP contribution in [0, 0.1) is 5.92 Å². The zero-order valence-corrected chi connectivity index (χ0v) is 20.1. The van der Waals surface area contributed by atoms with E-state index >= 15 is 0 Å². The fourth-order valence-electron chi connectivity index (χ4n) is 4.76. The van der Waals surface area contributed by atoms with E-state index in [-0.39, 0.29) is 17.7 Å². The van der Waals surface area contributed by atoms with Crippen LogP contribution >= 0.6 is 0 Å². The molecular formula is C27H34N2O5. The Bertz CT molecular complexity index is 955. The molecule has 2 aliphatic heterocycles. The van der Waals surface area contributed by atoms with E-state index in [2.05, 4.69) is 0 Å². The summed E-state index contributed by atoms with van der Waals surface area (Å²) in [7, 11) is 3.10. The second-order valence-electron chi connectivity index (χ2n) is 8.94. The number of hydrogen-bond acceptors (Lipinski definition) is 5. The monoisotopic (exact) mass is 466 g/mol. The van der Waals surface area contributed by atoms with Crippen LogP contribution in [0.15, 0.2) is 42.5 Å². The van der Waals surface area contributed by atoms with E-state index in [1.165, 1.54) is 6.42 Å². The first-order valence-electron chi connectivity index (χ1n) is 12.1. The SMILES string of the molecule is COc1cc(C(=O)N2CCC(C(=O)N3CCCCC3)CC2)cc(OC)c1OCc1ccccc1. The van der Waals surface area contributed by atoms with E-state index in [0.29, 0.717) is 55.4 Å². The van der Waals surface area contributed by atoms with Gasteiger partial charge in [-0.3, -0.25) is 9.59 Å². The Labute approximate surface area is 201 Å². The van der Waals surface area contributed by atoms with E-state index in [1.54, 1.807) is 26.4 Å². The van der Waals surface area contributed by atoms with Gasteiger partial charge >= 0.3 is 0 Å². The van der Waals surface area contributed by atoms with E-state index in [4.69, 9.17) is 14.2 Å². The average Bonchev–Trinajstić information content (AvgIpc) is 2.91. The Hall–Kier alpha value is -3.22. The topological polar surface area (TPSA) is 68.3 Å². The lowest BCUT2D eigenvalue weighted by Gasteiger charge is -2.35. The molecule has 0 radical (unpaired) electrons. The highest BCUT2D eigenvalue weighted by Crippen LogP contribution is 2.39. The summed E-state index contributed by atoms with van der Waals surface area (Å²) < 4.78 is 17.1. The number of ether oxygens (including phenoxy) is 3. The van der Waals surface area contributed by atoms with Gasteiger partial charge in [-0.25, -0.2) is 0 Å². The molecule has 182 valence electrons. The van der Waals surface area contributed by atoms with Crippen LogP contribution in [-0.2, 0) is 11.4 Å². The highest BCUT2D eigenvalue weighted by atomic mass is 16.5. The summed E-state index contributed by atoms with van der Waals surface area (Å²) in [6.07, 6.45) is 4.80. The van der Waals surface area contributed by atoms with Crippen molar-refractivity contribution in [2.24, 2.45) is 5.92 Å². The molecule has 0 atom stereocenters. The maximum Gasteiger partial charge on any atom is 0.254 e. The van der Waals surface area contributed by atoms with Crippen molar-refractivity contribution in [1.82, 2.24) is 9.80 Å². The number of carbonyl (C=O) groups excluding carboxylic acids is 2. The lowest BCUT2D eigenvalue weighted by molar-refractivity contribution is -0.137. The van der Waals surface area contributed by atoms with Gasteiger partial charge in [-0.15, -0.1) is 0 Å². The minimum atomic E-state index is -0.0879. The number of likely N-dealkylation sites (tertiary alicyclic amines) is 2. The van der Waals surface area contributed by atoms with Gasteiger partial charge in [0.05, 0.1) is 14.2 Å². The second-order valence-corrected chi connectivity index (χ2v) is 8.94. The smallest absolute Gasteiger partial charge is 0.254 e. The molecule has 2 aromatic carbocycles. The summed E-state index contributed by atoms with van der Waals surface area (Å²) in [5.74, 6) is 1.56. The number of rotatable bonds is 7. The van der Waals surface area contributed by atoms with Crippen molar-refractivity contribution in [1.29, 1.82) is 0 Å². The molecule has 0 bridgehead atoms. The lowest BCUT2D eigenvalue weighted by atomic mass is 9.94. The van der Waals surface area contributed by atoms with Crippen molar-refractivity contribution in [3.05, 3.63) is 53.6 Å². The molecule has 7 heteroatoms. The molecule has 2 heterocycles. The van der Waals surface area contributed by atoms with Crippen molar-refractivity contribution in [3.63, 3.8) is 0 Å². The summed E-state index contributed by atoms with van der Waals surface area (Å²) in [6.45, 7) is 3.24.